The van der Waals surface area contributed by atoms with Gasteiger partial charge in [0.2, 0.25) is 0 Å². The number of hydrogen-bond acceptors (Lipinski definition) is 5. The Morgan fingerprint density at radius 1 is 1.17 bits per heavy atom. The Hall–Kier alpha value is -3.16. The van der Waals surface area contributed by atoms with Gasteiger partial charge in [-0.2, -0.15) is 0 Å². The van der Waals surface area contributed by atoms with Gasteiger partial charge in [0.25, 0.3) is 5.56 Å². The molecule has 0 spiro atoms. The van der Waals surface area contributed by atoms with E-state index < -0.39 is 23.1 Å². The summed E-state index contributed by atoms with van der Waals surface area (Å²) in [6, 6.07) is 17.3. The minimum absolute atomic E-state index is 0.258. The van der Waals surface area contributed by atoms with Gasteiger partial charge >= 0.3 is 5.69 Å². The van der Waals surface area contributed by atoms with Crippen LogP contribution in [0.15, 0.2) is 70.4 Å². The lowest BCUT2D eigenvalue weighted by molar-refractivity contribution is -0.106. The monoisotopic (exact) mass is 408 g/mol. The zero-order valence-corrected chi connectivity index (χ0v) is 16.7. The van der Waals surface area contributed by atoms with Crippen molar-refractivity contribution in [2.75, 3.05) is 6.61 Å². The van der Waals surface area contributed by atoms with Crippen LogP contribution < -0.4 is 16.0 Å². The molecular weight excluding hydrogens is 384 g/mol. The minimum Gasteiger partial charge on any atom is -0.489 e. The first kappa shape index (κ1) is 20.1. The van der Waals surface area contributed by atoms with E-state index >= 15 is 0 Å². The van der Waals surface area contributed by atoms with Crippen LogP contribution in [0.4, 0.5) is 0 Å². The number of rotatable bonds is 6. The highest BCUT2D eigenvalue weighted by Crippen LogP contribution is 2.46. The fourth-order valence-electron chi connectivity index (χ4n) is 3.83. The molecule has 3 aromatic rings. The Bertz CT molecular complexity index is 1140. The van der Waals surface area contributed by atoms with Crippen LogP contribution in [0.25, 0.3) is 0 Å². The number of para-hydroxylation sites is 1. The molecule has 2 atom stereocenters. The van der Waals surface area contributed by atoms with Crippen molar-refractivity contribution >= 4 is 0 Å². The van der Waals surface area contributed by atoms with Crippen molar-refractivity contribution in [2.24, 2.45) is 0 Å². The Kier molecular flexibility index (Phi) is 5.57. The van der Waals surface area contributed by atoms with Gasteiger partial charge in [-0.25, -0.2) is 4.79 Å². The first-order valence-electron chi connectivity index (χ1n) is 9.89. The van der Waals surface area contributed by atoms with Crippen LogP contribution in [-0.2, 0) is 16.9 Å². The normalized spacial score (nSPS) is 20.9. The fourth-order valence-corrected chi connectivity index (χ4v) is 3.83. The minimum atomic E-state index is -0.999. The zero-order chi connectivity index (χ0) is 21.1. The van der Waals surface area contributed by atoms with E-state index in [0.29, 0.717) is 30.8 Å². The van der Waals surface area contributed by atoms with Gasteiger partial charge in [-0.1, -0.05) is 48.5 Å². The fraction of sp³-hybridized carbons (Fsp3) is 0.304. The van der Waals surface area contributed by atoms with E-state index in [2.05, 4.69) is 4.98 Å². The number of H-pyrrole nitrogens is 1. The number of benzene rings is 2. The zero-order valence-electron chi connectivity index (χ0n) is 16.7. The maximum Gasteiger partial charge on any atom is 0.330 e. The Balaban J connectivity index is 1.62. The van der Waals surface area contributed by atoms with Gasteiger partial charge in [0.05, 0.1) is 6.61 Å². The molecule has 4 rings (SSSR count). The lowest BCUT2D eigenvalue weighted by Gasteiger charge is -2.30. The van der Waals surface area contributed by atoms with Gasteiger partial charge in [-0.3, -0.25) is 14.3 Å². The first-order valence-corrected chi connectivity index (χ1v) is 9.89. The van der Waals surface area contributed by atoms with E-state index in [9.17, 15) is 14.7 Å². The molecule has 156 valence electrons. The number of ether oxygens (including phenoxy) is 2. The van der Waals surface area contributed by atoms with Crippen LogP contribution in [0, 0.1) is 6.92 Å². The van der Waals surface area contributed by atoms with E-state index in [1.807, 2.05) is 54.6 Å². The summed E-state index contributed by atoms with van der Waals surface area (Å²) in [7, 11) is 0. The van der Waals surface area contributed by atoms with E-state index in [1.165, 1.54) is 10.8 Å². The van der Waals surface area contributed by atoms with Gasteiger partial charge in [-0.05, 0) is 31.4 Å². The number of nitrogens with one attached hydrogen (secondary N) is 1. The second-order valence-corrected chi connectivity index (χ2v) is 7.51. The van der Waals surface area contributed by atoms with Crippen molar-refractivity contribution < 1.29 is 14.6 Å². The van der Waals surface area contributed by atoms with Crippen LogP contribution in [0.1, 0.15) is 35.8 Å². The molecule has 0 aliphatic carbocycles. The maximum atomic E-state index is 12.3. The van der Waals surface area contributed by atoms with Crippen molar-refractivity contribution in [3.05, 3.63) is 98.3 Å². The molecule has 1 aliphatic heterocycles. The van der Waals surface area contributed by atoms with Gasteiger partial charge in [0.15, 0.2) is 0 Å². The molecule has 0 bridgehead atoms. The van der Waals surface area contributed by atoms with Crippen LogP contribution in [0.3, 0.4) is 0 Å². The first-order chi connectivity index (χ1) is 14.5. The van der Waals surface area contributed by atoms with Gasteiger partial charge in [0, 0.05) is 17.3 Å². The van der Waals surface area contributed by atoms with Crippen LogP contribution >= 0.6 is 0 Å². The van der Waals surface area contributed by atoms with Crippen molar-refractivity contribution in [1.29, 1.82) is 0 Å². The van der Waals surface area contributed by atoms with E-state index in [0.717, 1.165) is 11.1 Å². The van der Waals surface area contributed by atoms with Crippen molar-refractivity contribution in [3.63, 3.8) is 0 Å². The average molecular weight is 408 g/mol. The predicted molar refractivity (Wildman–Crippen MR) is 111 cm³/mol. The standard InChI is InChI=1S/C23H24N2O5/c1-16-13-25(22(28)24-21(16)27)20-11-12-23(15-26,30-20)18-9-5-6-10-19(18)29-14-17-7-3-2-4-8-17/h2-10,13,20,26H,11-12,14-15H2,1H3,(H,24,27,28)/t20-,23-/m0/s1. The lowest BCUT2D eigenvalue weighted by atomic mass is 9.91. The quantitative estimate of drug-likeness (QED) is 0.654. The third-order valence-corrected chi connectivity index (χ3v) is 5.48. The summed E-state index contributed by atoms with van der Waals surface area (Å²) in [5.41, 5.74) is 0.249. The summed E-state index contributed by atoms with van der Waals surface area (Å²) in [6.07, 6.45) is 1.92. The number of hydrogen-bond donors (Lipinski definition) is 2. The number of aliphatic hydroxyl groups excluding tert-OH is 1. The average Bonchev–Trinajstić information content (AvgIpc) is 3.21. The summed E-state index contributed by atoms with van der Waals surface area (Å²) < 4.78 is 13.7. The van der Waals surface area contributed by atoms with Crippen molar-refractivity contribution in [1.82, 2.24) is 9.55 Å². The molecule has 2 aromatic carbocycles. The molecular formula is C23H24N2O5. The van der Waals surface area contributed by atoms with Gasteiger partial charge in [-0.15, -0.1) is 0 Å². The molecule has 0 radical (unpaired) electrons. The lowest BCUT2D eigenvalue weighted by Crippen LogP contribution is -2.35. The summed E-state index contributed by atoms with van der Waals surface area (Å²) in [4.78, 5) is 26.3. The smallest absolute Gasteiger partial charge is 0.330 e. The SMILES string of the molecule is Cc1cn([C@@H]2CC[C@](CO)(c3ccccc3OCc3ccccc3)O2)c(=O)[nH]c1=O. The summed E-state index contributed by atoms with van der Waals surface area (Å²) in [6.45, 7) is 1.77. The maximum absolute atomic E-state index is 12.3. The molecule has 1 saturated heterocycles. The third kappa shape index (κ3) is 3.81. The molecule has 1 aromatic heterocycles. The molecule has 0 amide bonds. The second kappa shape index (κ2) is 8.30. The van der Waals surface area contributed by atoms with E-state index in [-0.39, 0.29) is 6.61 Å². The van der Waals surface area contributed by atoms with Crippen molar-refractivity contribution in [3.8, 4) is 5.75 Å². The van der Waals surface area contributed by atoms with Crippen LogP contribution in [-0.4, -0.2) is 21.3 Å². The third-order valence-electron chi connectivity index (χ3n) is 5.48. The molecule has 2 heterocycles. The number of aromatic amines is 1. The highest BCUT2D eigenvalue weighted by atomic mass is 16.5. The van der Waals surface area contributed by atoms with Crippen molar-refractivity contribution in [2.45, 2.75) is 38.2 Å². The number of aliphatic hydroxyl groups is 1. The summed E-state index contributed by atoms with van der Waals surface area (Å²) >= 11 is 0. The molecule has 0 saturated carbocycles. The largest absolute Gasteiger partial charge is 0.489 e. The Labute approximate surface area is 173 Å². The van der Waals surface area contributed by atoms with Crippen LogP contribution in [0.2, 0.25) is 0 Å². The van der Waals surface area contributed by atoms with Gasteiger partial charge in [0.1, 0.15) is 24.2 Å². The van der Waals surface area contributed by atoms with E-state index in [4.69, 9.17) is 9.47 Å². The molecule has 30 heavy (non-hydrogen) atoms. The molecule has 2 N–H and O–H groups in total. The Morgan fingerprint density at radius 3 is 2.67 bits per heavy atom. The Morgan fingerprint density at radius 2 is 1.90 bits per heavy atom. The molecule has 1 aliphatic rings. The second-order valence-electron chi connectivity index (χ2n) is 7.51. The molecule has 7 heteroatoms. The molecule has 7 nitrogen and oxygen atoms in total. The van der Waals surface area contributed by atoms with Gasteiger partial charge < -0.3 is 14.6 Å². The number of nitrogens with zero attached hydrogens (tertiary/aromatic N) is 1. The highest BCUT2D eigenvalue weighted by Gasteiger charge is 2.44. The molecule has 1 fully saturated rings. The molecule has 0 unspecified atom stereocenters. The summed E-state index contributed by atoms with van der Waals surface area (Å²) in [5.74, 6) is 0.626. The van der Waals surface area contributed by atoms with Crippen LogP contribution in [0.5, 0.6) is 5.75 Å². The number of aromatic nitrogens is 2. The van der Waals surface area contributed by atoms with E-state index in [1.54, 1.807) is 6.92 Å². The highest BCUT2D eigenvalue weighted by molar-refractivity contribution is 5.39. The topological polar surface area (TPSA) is 93.6 Å². The predicted octanol–water partition coefficient (Wildman–Crippen LogP) is 2.62. The number of aryl methyl sites for hydroxylation is 1. The summed E-state index contributed by atoms with van der Waals surface area (Å²) in [5, 5.41) is 10.3.